The van der Waals surface area contributed by atoms with Gasteiger partial charge in [-0.1, -0.05) is 19.9 Å². The Hall–Kier alpha value is -1.75. The fourth-order valence-corrected chi connectivity index (χ4v) is 2.10. The lowest BCUT2D eigenvalue weighted by molar-refractivity contribution is 0.0931. The van der Waals surface area contributed by atoms with Gasteiger partial charge in [0.25, 0.3) is 5.91 Å². The van der Waals surface area contributed by atoms with Gasteiger partial charge >= 0.3 is 0 Å². The number of para-hydroxylation sites is 1. The number of nitrogens with one attached hydrogen (secondary N) is 1. The summed E-state index contributed by atoms with van der Waals surface area (Å²) in [7, 11) is 0. The fraction of sp³-hybridized carbons (Fsp3) is 0.533. The second-order valence-corrected chi connectivity index (χ2v) is 5.08. The topological polar surface area (TPSA) is 73.6 Å². The molecule has 0 radical (unpaired) electrons. The van der Waals surface area contributed by atoms with E-state index in [1.165, 1.54) is 0 Å². The van der Waals surface area contributed by atoms with Crippen LogP contribution in [0.15, 0.2) is 18.2 Å². The molecule has 1 aliphatic rings. The van der Waals surface area contributed by atoms with E-state index in [4.69, 9.17) is 15.2 Å². The number of nitrogens with two attached hydrogens (primary N) is 1. The third-order valence-corrected chi connectivity index (χ3v) is 3.82. The first-order valence-corrected chi connectivity index (χ1v) is 7.05. The number of carbonyl (C=O) groups excluding carboxylic acids is 1. The summed E-state index contributed by atoms with van der Waals surface area (Å²) in [4.78, 5) is 12.3. The zero-order valence-corrected chi connectivity index (χ0v) is 12.1. The van der Waals surface area contributed by atoms with Gasteiger partial charge in [-0.3, -0.25) is 4.79 Å². The van der Waals surface area contributed by atoms with Crippen LogP contribution in [0, 0.1) is 0 Å². The number of carbonyl (C=O) groups is 1. The van der Waals surface area contributed by atoms with E-state index in [0.717, 1.165) is 12.8 Å². The van der Waals surface area contributed by atoms with Gasteiger partial charge in [-0.2, -0.15) is 0 Å². The molecule has 1 aliphatic heterocycles. The number of fused-ring (bicyclic) bond motifs is 1. The van der Waals surface area contributed by atoms with E-state index < -0.39 is 0 Å². The molecule has 0 atom stereocenters. The molecule has 0 saturated carbocycles. The maximum Gasteiger partial charge on any atom is 0.255 e. The molecule has 5 heteroatoms. The van der Waals surface area contributed by atoms with E-state index in [1.54, 1.807) is 18.2 Å². The summed E-state index contributed by atoms with van der Waals surface area (Å²) in [6.07, 6.45) is 1.63. The molecule has 20 heavy (non-hydrogen) atoms. The van der Waals surface area contributed by atoms with Gasteiger partial charge in [-0.25, -0.2) is 0 Å². The molecule has 1 aromatic rings. The predicted octanol–water partition coefficient (Wildman–Crippen LogP) is 1.71. The van der Waals surface area contributed by atoms with E-state index in [9.17, 15) is 4.79 Å². The van der Waals surface area contributed by atoms with Gasteiger partial charge in [-0.05, 0) is 25.0 Å². The summed E-state index contributed by atoms with van der Waals surface area (Å²) in [6.45, 7) is 5.47. The molecule has 0 aliphatic carbocycles. The van der Waals surface area contributed by atoms with Crippen LogP contribution in [0.1, 0.15) is 37.0 Å². The monoisotopic (exact) mass is 278 g/mol. The van der Waals surface area contributed by atoms with Crippen molar-refractivity contribution in [1.29, 1.82) is 0 Å². The van der Waals surface area contributed by atoms with Crippen molar-refractivity contribution in [1.82, 2.24) is 5.32 Å². The zero-order valence-electron chi connectivity index (χ0n) is 12.1. The molecule has 0 bridgehead atoms. The molecule has 0 spiro atoms. The molecule has 0 saturated heterocycles. The third kappa shape index (κ3) is 3.04. The molecule has 5 nitrogen and oxygen atoms in total. The molecular weight excluding hydrogens is 256 g/mol. The van der Waals surface area contributed by atoms with Crippen LogP contribution in [0.4, 0.5) is 0 Å². The summed E-state index contributed by atoms with van der Waals surface area (Å²) in [5.41, 5.74) is 6.33. The Labute approximate surface area is 119 Å². The Morgan fingerprint density at radius 3 is 2.70 bits per heavy atom. The Morgan fingerprint density at radius 1 is 1.30 bits per heavy atom. The van der Waals surface area contributed by atoms with Gasteiger partial charge in [0.2, 0.25) is 0 Å². The quantitative estimate of drug-likeness (QED) is 0.860. The van der Waals surface area contributed by atoms with Gasteiger partial charge in [0, 0.05) is 12.1 Å². The molecule has 1 heterocycles. The largest absolute Gasteiger partial charge is 0.486 e. The fourth-order valence-electron chi connectivity index (χ4n) is 2.10. The highest BCUT2D eigenvalue weighted by atomic mass is 16.6. The Morgan fingerprint density at radius 2 is 2.00 bits per heavy atom. The van der Waals surface area contributed by atoms with Crippen LogP contribution in [0.5, 0.6) is 11.5 Å². The maximum atomic E-state index is 12.3. The van der Waals surface area contributed by atoms with Gasteiger partial charge in [0.1, 0.15) is 13.2 Å². The van der Waals surface area contributed by atoms with Crippen LogP contribution < -0.4 is 20.5 Å². The minimum atomic E-state index is -0.359. The number of hydrogen-bond acceptors (Lipinski definition) is 4. The molecule has 0 aromatic heterocycles. The average molecular weight is 278 g/mol. The minimum absolute atomic E-state index is 0.177. The van der Waals surface area contributed by atoms with Crippen LogP contribution in [0.3, 0.4) is 0 Å². The highest BCUT2D eigenvalue weighted by Gasteiger charge is 2.24. The summed E-state index contributed by atoms with van der Waals surface area (Å²) < 4.78 is 11.0. The second-order valence-electron chi connectivity index (χ2n) is 5.08. The Balaban J connectivity index is 2.10. The summed E-state index contributed by atoms with van der Waals surface area (Å²) in [6, 6.07) is 5.33. The number of rotatable bonds is 5. The third-order valence-electron chi connectivity index (χ3n) is 3.82. The van der Waals surface area contributed by atoms with E-state index in [1.807, 2.05) is 13.8 Å². The Bertz CT molecular complexity index is 484. The SMILES string of the molecule is CCC(N)(CC)CNC(=O)c1cccc2c1OCCO2. The standard InChI is InChI=1S/C15H22N2O3/c1-3-15(16,4-2)10-17-14(18)11-6-5-7-12-13(11)20-9-8-19-12/h5-7H,3-4,8-10,16H2,1-2H3,(H,17,18). The first-order valence-electron chi connectivity index (χ1n) is 7.05. The molecule has 0 fully saturated rings. The Kier molecular flexibility index (Phi) is 4.49. The van der Waals surface area contributed by atoms with Gasteiger partial charge in [0.15, 0.2) is 11.5 Å². The van der Waals surface area contributed by atoms with Crippen molar-refractivity contribution in [2.45, 2.75) is 32.2 Å². The number of ether oxygens (including phenoxy) is 2. The molecule has 1 amide bonds. The minimum Gasteiger partial charge on any atom is -0.486 e. The number of hydrogen-bond donors (Lipinski definition) is 2. The smallest absolute Gasteiger partial charge is 0.255 e. The lowest BCUT2D eigenvalue weighted by Gasteiger charge is -2.27. The number of benzene rings is 1. The molecular formula is C15H22N2O3. The molecule has 110 valence electrons. The van der Waals surface area contributed by atoms with E-state index in [-0.39, 0.29) is 11.4 Å². The lowest BCUT2D eigenvalue weighted by atomic mass is 9.94. The van der Waals surface area contributed by atoms with Crippen molar-refractivity contribution in [2.75, 3.05) is 19.8 Å². The first-order chi connectivity index (χ1) is 9.59. The van der Waals surface area contributed by atoms with Crippen molar-refractivity contribution in [3.8, 4) is 11.5 Å². The van der Waals surface area contributed by atoms with Crippen molar-refractivity contribution in [3.05, 3.63) is 23.8 Å². The number of amides is 1. The van der Waals surface area contributed by atoms with Crippen molar-refractivity contribution in [3.63, 3.8) is 0 Å². The zero-order chi connectivity index (χ0) is 14.6. The summed E-state index contributed by atoms with van der Waals surface area (Å²) in [5.74, 6) is 0.963. The van der Waals surface area contributed by atoms with Crippen molar-refractivity contribution < 1.29 is 14.3 Å². The van der Waals surface area contributed by atoms with Crippen LogP contribution in [0.25, 0.3) is 0 Å². The van der Waals surface area contributed by atoms with Gasteiger partial charge in [-0.15, -0.1) is 0 Å². The van der Waals surface area contributed by atoms with E-state index >= 15 is 0 Å². The maximum absolute atomic E-state index is 12.3. The lowest BCUT2D eigenvalue weighted by Crippen LogP contribution is -2.49. The highest BCUT2D eigenvalue weighted by molar-refractivity contribution is 5.97. The normalized spacial score (nSPS) is 13.9. The van der Waals surface area contributed by atoms with Crippen LogP contribution in [-0.2, 0) is 0 Å². The van der Waals surface area contributed by atoms with Gasteiger partial charge < -0.3 is 20.5 Å². The molecule has 2 rings (SSSR count). The molecule has 0 unspecified atom stereocenters. The first kappa shape index (κ1) is 14.7. The van der Waals surface area contributed by atoms with Crippen LogP contribution in [0.2, 0.25) is 0 Å². The van der Waals surface area contributed by atoms with Crippen LogP contribution >= 0.6 is 0 Å². The summed E-state index contributed by atoms with van der Waals surface area (Å²) in [5, 5.41) is 2.89. The van der Waals surface area contributed by atoms with Crippen molar-refractivity contribution in [2.24, 2.45) is 5.73 Å². The average Bonchev–Trinajstić information content (AvgIpc) is 2.51. The second kappa shape index (κ2) is 6.13. The molecule has 1 aromatic carbocycles. The van der Waals surface area contributed by atoms with Crippen LogP contribution in [-0.4, -0.2) is 31.2 Å². The van der Waals surface area contributed by atoms with E-state index in [2.05, 4.69) is 5.32 Å². The van der Waals surface area contributed by atoms with E-state index in [0.29, 0.717) is 36.8 Å². The molecule has 3 N–H and O–H groups in total. The highest BCUT2D eigenvalue weighted by Crippen LogP contribution is 2.33. The van der Waals surface area contributed by atoms with Gasteiger partial charge in [0.05, 0.1) is 5.56 Å². The summed E-state index contributed by atoms with van der Waals surface area (Å²) >= 11 is 0. The van der Waals surface area contributed by atoms with Crippen molar-refractivity contribution >= 4 is 5.91 Å². The predicted molar refractivity (Wildman–Crippen MR) is 77.3 cm³/mol.